The predicted octanol–water partition coefficient (Wildman–Crippen LogP) is 4.53. The lowest BCUT2D eigenvalue weighted by Crippen LogP contribution is -2.65. The number of fused-ring (bicyclic) bond motifs is 4. The van der Waals surface area contributed by atoms with E-state index in [1.807, 2.05) is 56.3 Å². The van der Waals surface area contributed by atoms with E-state index in [0.29, 0.717) is 6.42 Å². The van der Waals surface area contributed by atoms with Gasteiger partial charge in [0.25, 0.3) is 0 Å². The molecule has 1 fully saturated rings. The molecule has 2 aliphatic rings. The highest BCUT2D eigenvalue weighted by Gasteiger charge is 2.49. The molecule has 2 atom stereocenters. The molecule has 4 nitrogen and oxygen atoms in total. The van der Waals surface area contributed by atoms with Crippen molar-refractivity contribution in [1.29, 1.82) is 0 Å². The lowest BCUT2D eigenvalue weighted by atomic mass is 9.90. The van der Waals surface area contributed by atoms with Crippen molar-refractivity contribution in [1.82, 2.24) is 5.32 Å². The maximum Gasteiger partial charge on any atom is 0.325 e. The number of urea groups is 1. The molecule has 2 heterocycles. The summed E-state index contributed by atoms with van der Waals surface area (Å²) in [5.41, 5.74) is 2.29. The second kappa shape index (κ2) is 4.99. The first-order valence-corrected chi connectivity index (χ1v) is 8.41. The van der Waals surface area contributed by atoms with E-state index >= 15 is 0 Å². The molecule has 0 saturated carbocycles. The Labute approximate surface area is 143 Å². The van der Waals surface area contributed by atoms with Gasteiger partial charge in [0.1, 0.15) is 5.75 Å². The molecule has 2 bridgehead atoms. The summed E-state index contributed by atoms with van der Waals surface area (Å²) in [6.07, 6.45) is 0.704. The predicted molar refractivity (Wildman–Crippen MR) is 92.7 cm³/mol. The Kier molecular flexibility index (Phi) is 3.17. The van der Waals surface area contributed by atoms with Crippen LogP contribution in [0.1, 0.15) is 30.5 Å². The molecule has 4 rings (SSSR count). The third-order valence-corrected chi connectivity index (χ3v) is 4.99. The number of rotatable bonds is 1. The number of carbonyl (C=O) groups excluding carboxylic acids is 1. The smallest absolute Gasteiger partial charge is 0.325 e. The summed E-state index contributed by atoms with van der Waals surface area (Å²) in [5.74, 6) is 0.824. The molecule has 1 N–H and O–H groups in total. The van der Waals surface area contributed by atoms with Crippen LogP contribution in [0.15, 0.2) is 46.9 Å². The molecular weight excluding hydrogens is 356 g/mol. The van der Waals surface area contributed by atoms with Crippen LogP contribution in [0.4, 0.5) is 10.5 Å². The maximum atomic E-state index is 12.7. The van der Waals surface area contributed by atoms with E-state index in [0.717, 1.165) is 27.0 Å². The Morgan fingerprint density at radius 2 is 2.13 bits per heavy atom. The average molecular weight is 373 g/mol. The maximum absolute atomic E-state index is 12.7. The number of anilines is 1. The summed E-state index contributed by atoms with van der Waals surface area (Å²) in [7, 11) is 0. The Hall–Kier alpha value is -2.01. The molecule has 2 unspecified atom stereocenters. The number of nitrogens with zero attached hydrogens (tertiary/aromatic N) is 1. The largest absolute Gasteiger partial charge is 0.467 e. The van der Waals surface area contributed by atoms with Gasteiger partial charge in [0.2, 0.25) is 0 Å². The zero-order valence-electron chi connectivity index (χ0n) is 13.0. The molecule has 23 heavy (non-hydrogen) atoms. The van der Waals surface area contributed by atoms with Crippen LogP contribution in [0.2, 0.25) is 0 Å². The van der Waals surface area contributed by atoms with Gasteiger partial charge in [0.05, 0.1) is 6.04 Å². The zero-order chi connectivity index (χ0) is 16.2. The lowest BCUT2D eigenvalue weighted by molar-refractivity contribution is 0.0378. The second-order valence-electron chi connectivity index (χ2n) is 6.34. The summed E-state index contributed by atoms with van der Waals surface area (Å²) < 4.78 is 7.25. The molecule has 0 aromatic heterocycles. The third kappa shape index (κ3) is 2.30. The van der Waals surface area contributed by atoms with Gasteiger partial charge in [-0.15, -0.1) is 0 Å². The normalized spacial score (nSPS) is 25.4. The fourth-order valence-electron chi connectivity index (χ4n) is 3.50. The van der Waals surface area contributed by atoms with Gasteiger partial charge in [0.15, 0.2) is 5.72 Å². The van der Waals surface area contributed by atoms with Crippen LogP contribution in [0.25, 0.3) is 0 Å². The Morgan fingerprint density at radius 3 is 2.91 bits per heavy atom. The van der Waals surface area contributed by atoms with Crippen molar-refractivity contribution < 1.29 is 9.53 Å². The van der Waals surface area contributed by atoms with Crippen molar-refractivity contribution in [2.75, 3.05) is 4.90 Å². The first-order chi connectivity index (χ1) is 11.0. The van der Waals surface area contributed by atoms with Crippen LogP contribution >= 0.6 is 15.9 Å². The summed E-state index contributed by atoms with van der Waals surface area (Å²) in [6, 6.07) is 13.7. The van der Waals surface area contributed by atoms with E-state index in [1.54, 1.807) is 4.90 Å². The van der Waals surface area contributed by atoms with E-state index in [2.05, 4.69) is 21.2 Å². The van der Waals surface area contributed by atoms with Gasteiger partial charge in [-0.1, -0.05) is 28.1 Å². The molecule has 2 aromatic carbocycles. The summed E-state index contributed by atoms with van der Waals surface area (Å²) >= 11 is 3.49. The number of aryl methyl sites for hydroxylation is 1. The molecule has 0 aliphatic carbocycles. The van der Waals surface area contributed by atoms with Crippen LogP contribution in [0.5, 0.6) is 5.75 Å². The average Bonchev–Trinajstić information content (AvgIpc) is 2.47. The highest BCUT2D eigenvalue weighted by Crippen LogP contribution is 2.46. The number of ether oxygens (including phenoxy) is 1. The van der Waals surface area contributed by atoms with Crippen LogP contribution in [-0.4, -0.2) is 11.8 Å². The minimum atomic E-state index is -0.693. The fourth-order valence-corrected chi connectivity index (χ4v) is 3.88. The van der Waals surface area contributed by atoms with Gasteiger partial charge in [-0.2, -0.15) is 0 Å². The summed E-state index contributed by atoms with van der Waals surface area (Å²) in [4.78, 5) is 14.5. The molecular formula is C18H17BrN2O2. The number of carbonyl (C=O) groups is 1. The standard InChI is InChI=1S/C18H17BrN2O2/c1-11-4-3-5-13(8-11)21-17(22)20-15-10-18(21,2)23-16-7-6-12(19)9-14(15)16/h3-9,15H,10H2,1-2H3,(H,20,22). The molecule has 118 valence electrons. The molecule has 0 radical (unpaired) electrons. The van der Waals surface area contributed by atoms with Gasteiger partial charge in [-0.3, -0.25) is 4.90 Å². The molecule has 2 aromatic rings. The Balaban J connectivity index is 1.81. The SMILES string of the molecule is Cc1cccc(N2C(=O)NC3CC2(C)Oc2ccc(Br)cc23)c1. The Bertz CT molecular complexity index is 807. The highest BCUT2D eigenvalue weighted by atomic mass is 79.9. The number of nitrogens with one attached hydrogen (secondary N) is 1. The van der Waals surface area contributed by atoms with Crippen molar-refractivity contribution >= 4 is 27.6 Å². The first-order valence-electron chi connectivity index (χ1n) is 7.62. The second-order valence-corrected chi connectivity index (χ2v) is 7.26. The molecule has 5 heteroatoms. The molecule has 2 aliphatic heterocycles. The number of benzene rings is 2. The van der Waals surface area contributed by atoms with E-state index in [4.69, 9.17) is 4.74 Å². The topological polar surface area (TPSA) is 41.6 Å². The van der Waals surface area contributed by atoms with Crippen LogP contribution in [-0.2, 0) is 0 Å². The number of hydrogen-bond donors (Lipinski definition) is 1. The summed E-state index contributed by atoms with van der Waals surface area (Å²) in [6.45, 7) is 4.00. The van der Waals surface area contributed by atoms with Crippen LogP contribution in [0, 0.1) is 6.92 Å². The van der Waals surface area contributed by atoms with Crippen molar-refractivity contribution in [3.63, 3.8) is 0 Å². The van der Waals surface area contributed by atoms with Gasteiger partial charge < -0.3 is 10.1 Å². The van der Waals surface area contributed by atoms with Gasteiger partial charge >= 0.3 is 6.03 Å². The van der Waals surface area contributed by atoms with E-state index < -0.39 is 5.72 Å². The number of amides is 2. The first kappa shape index (κ1) is 14.6. The monoisotopic (exact) mass is 372 g/mol. The highest BCUT2D eigenvalue weighted by molar-refractivity contribution is 9.10. The third-order valence-electron chi connectivity index (χ3n) is 4.49. The van der Waals surface area contributed by atoms with Crippen LogP contribution in [0.3, 0.4) is 0 Å². The zero-order valence-corrected chi connectivity index (χ0v) is 14.6. The van der Waals surface area contributed by atoms with Gasteiger partial charge in [0, 0.05) is 22.1 Å². The molecule has 1 saturated heterocycles. The van der Waals surface area contributed by atoms with E-state index in [1.165, 1.54) is 0 Å². The van der Waals surface area contributed by atoms with Gasteiger partial charge in [-0.25, -0.2) is 4.79 Å². The van der Waals surface area contributed by atoms with Crippen molar-refractivity contribution in [2.45, 2.75) is 32.0 Å². The summed E-state index contributed by atoms with van der Waals surface area (Å²) in [5, 5.41) is 3.11. The minimum Gasteiger partial charge on any atom is -0.467 e. The van der Waals surface area contributed by atoms with E-state index in [-0.39, 0.29) is 12.1 Å². The van der Waals surface area contributed by atoms with Crippen molar-refractivity contribution in [2.24, 2.45) is 0 Å². The quantitative estimate of drug-likeness (QED) is 0.798. The molecule has 2 amide bonds. The fraction of sp³-hybridized carbons (Fsp3) is 0.278. The lowest BCUT2D eigenvalue weighted by Gasteiger charge is -2.50. The minimum absolute atomic E-state index is 0.0326. The van der Waals surface area contributed by atoms with Crippen LogP contribution < -0.4 is 15.0 Å². The van der Waals surface area contributed by atoms with Crippen molar-refractivity contribution in [3.8, 4) is 5.75 Å². The Morgan fingerprint density at radius 1 is 1.30 bits per heavy atom. The molecule has 0 spiro atoms. The van der Waals surface area contributed by atoms with Gasteiger partial charge in [-0.05, 0) is 49.7 Å². The van der Waals surface area contributed by atoms with Crippen molar-refractivity contribution in [3.05, 3.63) is 58.1 Å². The number of halogens is 1. The number of hydrogen-bond acceptors (Lipinski definition) is 2. The van der Waals surface area contributed by atoms with E-state index in [9.17, 15) is 4.79 Å².